The Morgan fingerprint density at radius 1 is 0.680 bits per heavy atom. The van der Waals surface area contributed by atoms with Crippen LogP contribution in [0, 0.1) is 0 Å². The Bertz CT molecular complexity index is 1020. The van der Waals surface area contributed by atoms with Crippen molar-refractivity contribution in [3.05, 3.63) is 71.8 Å². The first-order valence-corrected chi connectivity index (χ1v) is 8.45. The van der Waals surface area contributed by atoms with Gasteiger partial charge in [0, 0.05) is 22.3 Å². The molecule has 0 saturated heterocycles. The van der Waals surface area contributed by atoms with E-state index in [1.165, 1.54) is 11.5 Å². The molecule has 1 heterocycles. The summed E-state index contributed by atoms with van der Waals surface area (Å²) < 4.78 is 5.00. The fraction of sp³-hybridized carbons (Fsp3) is 0. The first-order chi connectivity index (χ1) is 12.3. The highest BCUT2D eigenvalue weighted by atomic mass is 32.1. The van der Waals surface area contributed by atoms with E-state index >= 15 is 0 Å². The fourth-order valence-electron chi connectivity index (χ4n) is 2.98. The molecule has 0 atom stereocenters. The Labute approximate surface area is 147 Å². The van der Waals surface area contributed by atoms with Crippen LogP contribution in [0.2, 0.25) is 0 Å². The van der Waals surface area contributed by atoms with Gasteiger partial charge < -0.3 is 0 Å². The normalized spacial score (nSPS) is 10.7. The van der Waals surface area contributed by atoms with Crippen LogP contribution in [-0.4, -0.2) is 22.2 Å². The van der Waals surface area contributed by atoms with E-state index in [1.54, 1.807) is 12.1 Å². The first-order valence-electron chi connectivity index (χ1n) is 7.67. The Morgan fingerprint density at radius 3 is 1.88 bits per heavy atom. The molecule has 120 valence electrons. The topological polar surface area (TPSA) is 59.9 Å². The molecular weight excluding hydrogens is 332 g/mol. The standard InChI is InChI=1S/C20H12N2O2S/c23-11-13-5-1-3-7-15(13)17-9-10-18(20-19(17)21-22-25-20)16-8-4-2-6-14(16)12-24/h1-12H. The van der Waals surface area contributed by atoms with Crippen LogP contribution in [0.1, 0.15) is 20.7 Å². The van der Waals surface area contributed by atoms with Gasteiger partial charge in [0.25, 0.3) is 0 Å². The Hall–Kier alpha value is -3.18. The quantitative estimate of drug-likeness (QED) is 0.506. The summed E-state index contributed by atoms with van der Waals surface area (Å²) in [6.07, 6.45) is 1.70. The number of nitrogens with zero attached hydrogens (tertiary/aromatic N) is 2. The van der Waals surface area contributed by atoms with Crippen molar-refractivity contribution in [2.75, 3.05) is 0 Å². The summed E-state index contributed by atoms with van der Waals surface area (Å²) in [4.78, 5) is 22.8. The van der Waals surface area contributed by atoms with Crippen molar-refractivity contribution in [3.8, 4) is 22.3 Å². The predicted molar refractivity (Wildman–Crippen MR) is 99.1 cm³/mol. The predicted octanol–water partition coefficient (Wildman–Crippen LogP) is 4.65. The third kappa shape index (κ3) is 2.55. The van der Waals surface area contributed by atoms with E-state index in [0.29, 0.717) is 11.1 Å². The van der Waals surface area contributed by atoms with E-state index in [4.69, 9.17) is 0 Å². The number of rotatable bonds is 4. The van der Waals surface area contributed by atoms with Crippen molar-refractivity contribution in [1.82, 2.24) is 9.59 Å². The van der Waals surface area contributed by atoms with Gasteiger partial charge in [-0.05, 0) is 22.7 Å². The number of hydrogen-bond donors (Lipinski definition) is 0. The van der Waals surface area contributed by atoms with E-state index in [9.17, 15) is 9.59 Å². The number of carbonyl (C=O) groups excluding carboxylic acids is 2. The zero-order chi connectivity index (χ0) is 17.2. The lowest BCUT2D eigenvalue weighted by Gasteiger charge is -2.10. The molecule has 0 N–H and O–H groups in total. The SMILES string of the molecule is O=Cc1ccccc1-c1ccc(-c2ccccc2C=O)c2snnc12. The zero-order valence-corrected chi connectivity index (χ0v) is 13.9. The van der Waals surface area contributed by atoms with Gasteiger partial charge in [0.2, 0.25) is 0 Å². The Balaban J connectivity index is 2.00. The van der Waals surface area contributed by atoms with E-state index in [2.05, 4.69) is 9.59 Å². The van der Waals surface area contributed by atoms with Gasteiger partial charge in [-0.1, -0.05) is 65.2 Å². The molecule has 0 aliphatic rings. The molecule has 1 aromatic heterocycles. The maximum absolute atomic E-state index is 11.4. The van der Waals surface area contributed by atoms with E-state index in [1.807, 2.05) is 48.5 Å². The molecule has 25 heavy (non-hydrogen) atoms. The number of carbonyl (C=O) groups is 2. The summed E-state index contributed by atoms with van der Waals surface area (Å²) in [5, 5.41) is 4.28. The second-order valence-corrected chi connectivity index (χ2v) is 6.28. The van der Waals surface area contributed by atoms with E-state index < -0.39 is 0 Å². The van der Waals surface area contributed by atoms with Crippen molar-refractivity contribution in [2.45, 2.75) is 0 Å². The fourth-order valence-corrected chi connectivity index (χ4v) is 3.70. The monoisotopic (exact) mass is 344 g/mol. The van der Waals surface area contributed by atoms with Gasteiger partial charge in [-0.25, -0.2) is 0 Å². The summed E-state index contributed by atoms with van der Waals surface area (Å²) in [5.41, 5.74) is 5.42. The van der Waals surface area contributed by atoms with Gasteiger partial charge in [0.1, 0.15) is 5.52 Å². The largest absolute Gasteiger partial charge is 0.298 e. The van der Waals surface area contributed by atoms with Crippen LogP contribution < -0.4 is 0 Å². The van der Waals surface area contributed by atoms with Gasteiger partial charge in [-0.15, -0.1) is 5.10 Å². The Morgan fingerprint density at radius 2 is 1.24 bits per heavy atom. The Kier molecular flexibility index (Phi) is 3.91. The number of fused-ring (bicyclic) bond motifs is 1. The average molecular weight is 344 g/mol. The minimum atomic E-state index is 0.609. The minimum Gasteiger partial charge on any atom is -0.298 e. The van der Waals surface area contributed by atoms with E-state index in [0.717, 1.165) is 45.0 Å². The molecule has 0 radical (unpaired) electrons. The molecule has 3 aromatic carbocycles. The van der Waals surface area contributed by atoms with Crippen LogP contribution in [-0.2, 0) is 0 Å². The zero-order valence-electron chi connectivity index (χ0n) is 13.0. The van der Waals surface area contributed by atoms with Gasteiger partial charge in [0.15, 0.2) is 12.6 Å². The van der Waals surface area contributed by atoms with Crippen molar-refractivity contribution in [3.63, 3.8) is 0 Å². The van der Waals surface area contributed by atoms with Gasteiger partial charge in [-0.3, -0.25) is 9.59 Å². The van der Waals surface area contributed by atoms with Crippen LogP contribution in [0.25, 0.3) is 32.5 Å². The maximum Gasteiger partial charge on any atom is 0.150 e. The molecule has 0 amide bonds. The molecule has 4 rings (SSSR count). The summed E-state index contributed by atoms with van der Waals surface area (Å²) in [6.45, 7) is 0. The average Bonchev–Trinajstić information content (AvgIpc) is 3.17. The number of aromatic nitrogens is 2. The molecule has 0 saturated carbocycles. The molecule has 4 nitrogen and oxygen atoms in total. The molecule has 0 aliphatic heterocycles. The van der Waals surface area contributed by atoms with Crippen LogP contribution in [0.15, 0.2) is 60.7 Å². The van der Waals surface area contributed by atoms with Crippen LogP contribution in [0.3, 0.4) is 0 Å². The molecule has 0 unspecified atom stereocenters. The minimum absolute atomic E-state index is 0.609. The molecule has 0 fully saturated rings. The van der Waals surface area contributed by atoms with Crippen molar-refractivity contribution in [2.24, 2.45) is 0 Å². The highest BCUT2D eigenvalue weighted by molar-refractivity contribution is 7.13. The smallest absolute Gasteiger partial charge is 0.150 e. The summed E-state index contributed by atoms with van der Waals surface area (Å²) in [5.74, 6) is 0. The van der Waals surface area contributed by atoms with Gasteiger partial charge >= 0.3 is 0 Å². The second-order valence-electron chi connectivity index (χ2n) is 5.52. The molecule has 0 aliphatic carbocycles. The van der Waals surface area contributed by atoms with Gasteiger partial charge in [-0.2, -0.15) is 0 Å². The summed E-state index contributed by atoms with van der Waals surface area (Å²) >= 11 is 1.28. The maximum atomic E-state index is 11.4. The van der Waals surface area contributed by atoms with Crippen LogP contribution in [0.4, 0.5) is 0 Å². The summed E-state index contributed by atoms with van der Waals surface area (Å²) in [6, 6.07) is 18.7. The van der Waals surface area contributed by atoms with Crippen molar-refractivity contribution >= 4 is 34.3 Å². The number of hydrogen-bond acceptors (Lipinski definition) is 5. The van der Waals surface area contributed by atoms with Crippen LogP contribution in [0.5, 0.6) is 0 Å². The highest BCUT2D eigenvalue weighted by Crippen LogP contribution is 2.37. The lowest BCUT2D eigenvalue weighted by molar-refractivity contribution is 0.111. The van der Waals surface area contributed by atoms with Gasteiger partial charge in [0.05, 0.1) is 4.70 Å². The van der Waals surface area contributed by atoms with Crippen molar-refractivity contribution in [1.29, 1.82) is 0 Å². The number of benzene rings is 3. The van der Waals surface area contributed by atoms with Crippen LogP contribution >= 0.6 is 11.5 Å². The third-order valence-corrected chi connectivity index (χ3v) is 4.92. The first kappa shape index (κ1) is 15.4. The lowest BCUT2D eigenvalue weighted by Crippen LogP contribution is -1.91. The third-order valence-electron chi connectivity index (χ3n) is 4.16. The highest BCUT2D eigenvalue weighted by Gasteiger charge is 2.16. The lowest BCUT2D eigenvalue weighted by atomic mass is 9.94. The molecule has 5 heteroatoms. The van der Waals surface area contributed by atoms with Crippen molar-refractivity contribution < 1.29 is 9.59 Å². The molecule has 0 bridgehead atoms. The molecule has 4 aromatic rings. The molecular formula is C20H12N2O2S. The summed E-state index contributed by atoms with van der Waals surface area (Å²) in [7, 11) is 0. The molecule has 0 spiro atoms. The number of aldehydes is 2. The van der Waals surface area contributed by atoms with E-state index in [-0.39, 0.29) is 0 Å². The second kappa shape index (κ2) is 6.37.